The molecule has 31 heavy (non-hydrogen) atoms. The van der Waals surface area contributed by atoms with Crippen molar-refractivity contribution in [2.24, 2.45) is 5.14 Å². The van der Waals surface area contributed by atoms with Crippen molar-refractivity contribution in [2.75, 3.05) is 25.0 Å². The summed E-state index contributed by atoms with van der Waals surface area (Å²) in [7, 11) is -7.54. The van der Waals surface area contributed by atoms with E-state index in [0.29, 0.717) is 26.1 Å². The number of hydrogen-bond donors (Lipinski definition) is 2. The Balaban J connectivity index is 1.72. The molecule has 0 aliphatic carbocycles. The monoisotopic (exact) mass is 468 g/mol. The zero-order chi connectivity index (χ0) is 22.6. The lowest BCUT2D eigenvalue weighted by molar-refractivity contribution is -0.384. The smallest absolute Gasteiger partial charge is 0.293 e. The molecular weight excluding hydrogens is 444 g/mol. The summed E-state index contributed by atoms with van der Waals surface area (Å²) in [5.74, 6) is 0. The van der Waals surface area contributed by atoms with Crippen molar-refractivity contribution < 1.29 is 21.8 Å². The van der Waals surface area contributed by atoms with E-state index in [1.165, 1.54) is 28.6 Å². The second-order valence-electron chi connectivity index (χ2n) is 7.27. The van der Waals surface area contributed by atoms with E-state index >= 15 is 0 Å². The molecule has 0 unspecified atom stereocenters. The molecule has 0 spiro atoms. The SMILES string of the molecule is NS(=O)(=O)c1ccc(CCNc2ccc(S(=O)(=O)N3CCCCC3)cc2[N+](=O)[O-])cc1. The minimum Gasteiger partial charge on any atom is -0.379 e. The predicted octanol–water partition coefficient (Wildman–Crippen LogP) is 2.07. The summed E-state index contributed by atoms with van der Waals surface area (Å²) in [6.45, 7) is 1.16. The third-order valence-corrected chi connectivity index (χ3v) is 7.92. The minimum absolute atomic E-state index is 0.00495. The summed E-state index contributed by atoms with van der Waals surface area (Å²) >= 11 is 0. The predicted molar refractivity (Wildman–Crippen MR) is 116 cm³/mol. The minimum atomic E-state index is -3.77. The van der Waals surface area contributed by atoms with E-state index in [1.807, 2.05) is 0 Å². The fourth-order valence-corrected chi connectivity index (χ4v) is 5.47. The molecule has 3 N–H and O–H groups in total. The molecule has 2 aromatic carbocycles. The van der Waals surface area contributed by atoms with E-state index in [2.05, 4.69) is 5.32 Å². The molecule has 0 amide bonds. The molecule has 0 aromatic heterocycles. The molecule has 168 valence electrons. The van der Waals surface area contributed by atoms with Crippen LogP contribution in [0.5, 0.6) is 0 Å². The molecule has 1 fully saturated rings. The first-order valence-corrected chi connectivity index (χ1v) is 12.7. The highest BCUT2D eigenvalue weighted by molar-refractivity contribution is 7.89. The van der Waals surface area contributed by atoms with Crippen LogP contribution in [-0.2, 0) is 26.5 Å². The highest BCUT2D eigenvalue weighted by atomic mass is 32.2. The molecule has 0 atom stereocenters. The fraction of sp³-hybridized carbons (Fsp3) is 0.368. The molecular formula is C19H24N4O6S2. The van der Waals surface area contributed by atoms with Crippen LogP contribution in [0, 0.1) is 10.1 Å². The van der Waals surface area contributed by atoms with Crippen molar-refractivity contribution in [3.05, 3.63) is 58.1 Å². The number of nitrogens with one attached hydrogen (secondary N) is 1. The topological polar surface area (TPSA) is 153 Å². The first-order chi connectivity index (χ1) is 14.6. The lowest BCUT2D eigenvalue weighted by Gasteiger charge is -2.25. The summed E-state index contributed by atoms with van der Waals surface area (Å²) in [4.78, 5) is 10.8. The van der Waals surface area contributed by atoms with Gasteiger partial charge in [-0.1, -0.05) is 18.6 Å². The van der Waals surface area contributed by atoms with Crippen molar-refractivity contribution in [2.45, 2.75) is 35.5 Å². The Morgan fingerprint density at radius 1 is 0.968 bits per heavy atom. The summed E-state index contributed by atoms with van der Waals surface area (Å²) in [5, 5.41) is 19.6. The van der Waals surface area contributed by atoms with Gasteiger partial charge in [-0.15, -0.1) is 0 Å². The van der Waals surface area contributed by atoms with Gasteiger partial charge >= 0.3 is 0 Å². The Kier molecular flexibility index (Phi) is 6.94. The second kappa shape index (κ2) is 9.30. The highest BCUT2D eigenvalue weighted by Gasteiger charge is 2.28. The maximum Gasteiger partial charge on any atom is 0.293 e. The molecule has 0 saturated carbocycles. The molecule has 10 nitrogen and oxygen atoms in total. The van der Waals surface area contributed by atoms with Crippen LogP contribution in [0.4, 0.5) is 11.4 Å². The Morgan fingerprint density at radius 3 is 2.16 bits per heavy atom. The van der Waals surface area contributed by atoms with E-state index in [0.717, 1.165) is 30.9 Å². The van der Waals surface area contributed by atoms with E-state index in [-0.39, 0.29) is 21.2 Å². The van der Waals surface area contributed by atoms with Crippen LogP contribution in [-0.4, -0.2) is 45.7 Å². The number of anilines is 1. The average Bonchev–Trinajstić information content (AvgIpc) is 2.74. The number of nitrogens with zero attached hydrogens (tertiary/aromatic N) is 2. The van der Waals surface area contributed by atoms with Crippen LogP contribution in [0.25, 0.3) is 0 Å². The third-order valence-electron chi connectivity index (χ3n) is 5.10. The molecule has 3 rings (SSSR count). The van der Waals surface area contributed by atoms with Crippen LogP contribution in [0.2, 0.25) is 0 Å². The van der Waals surface area contributed by atoms with Crippen molar-refractivity contribution in [1.82, 2.24) is 4.31 Å². The van der Waals surface area contributed by atoms with Gasteiger partial charge in [0, 0.05) is 25.7 Å². The van der Waals surface area contributed by atoms with Crippen molar-refractivity contribution in [1.29, 1.82) is 0 Å². The number of sulfonamides is 2. The summed E-state index contributed by atoms with van der Waals surface area (Å²) < 4.78 is 49.6. The zero-order valence-corrected chi connectivity index (χ0v) is 18.4. The van der Waals surface area contributed by atoms with Gasteiger partial charge in [-0.2, -0.15) is 4.31 Å². The molecule has 1 aliphatic heterocycles. The molecule has 0 radical (unpaired) electrons. The average molecular weight is 469 g/mol. The lowest BCUT2D eigenvalue weighted by Crippen LogP contribution is -2.35. The van der Waals surface area contributed by atoms with Gasteiger partial charge in [0.05, 0.1) is 14.7 Å². The van der Waals surface area contributed by atoms with Gasteiger partial charge in [-0.05, 0) is 49.1 Å². The maximum absolute atomic E-state index is 12.8. The van der Waals surface area contributed by atoms with E-state index < -0.39 is 25.0 Å². The number of benzene rings is 2. The number of rotatable bonds is 8. The van der Waals surface area contributed by atoms with Gasteiger partial charge < -0.3 is 5.32 Å². The molecule has 1 aliphatic rings. The largest absolute Gasteiger partial charge is 0.379 e. The lowest BCUT2D eigenvalue weighted by atomic mass is 10.1. The van der Waals surface area contributed by atoms with Crippen LogP contribution < -0.4 is 10.5 Å². The van der Waals surface area contributed by atoms with Crippen LogP contribution >= 0.6 is 0 Å². The Bertz CT molecular complexity index is 1160. The normalized spacial score (nSPS) is 15.5. The Labute approximate surface area is 181 Å². The number of nitrogens with two attached hydrogens (primary N) is 1. The fourth-order valence-electron chi connectivity index (χ4n) is 3.41. The van der Waals surface area contributed by atoms with Gasteiger partial charge in [-0.3, -0.25) is 10.1 Å². The van der Waals surface area contributed by atoms with Gasteiger partial charge in [0.25, 0.3) is 5.69 Å². The van der Waals surface area contributed by atoms with Gasteiger partial charge in [-0.25, -0.2) is 22.0 Å². The van der Waals surface area contributed by atoms with Crippen LogP contribution in [0.15, 0.2) is 52.3 Å². The summed E-state index contributed by atoms with van der Waals surface area (Å²) in [6.07, 6.45) is 2.99. The number of nitro groups is 1. The number of hydrogen-bond acceptors (Lipinski definition) is 7. The Morgan fingerprint density at radius 2 is 1.58 bits per heavy atom. The standard InChI is InChI=1S/C19H24N4O6S2/c20-30(26,27)16-6-4-15(5-7-16)10-11-21-18-9-8-17(14-19(18)23(24)25)31(28,29)22-12-2-1-3-13-22/h4-9,14,21H,1-3,10-13H2,(H2,20,26,27). The number of piperidine rings is 1. The van der Waals surface area contributed by atoms with Gasteiger partial charge in [0.2, 0.25) is 20.0 Å². The van der Waals surface area contributed by atoms with E-state index in [1.54, 1.807) is 12.1 Å². The number of primary sulfonamides is 1. The summed E-state index contributed by atoms with van der Waals surface area (Å²) in [6, 6.07) is 9.89. The van der Waals surface area contributed by atoms with Crippen LogP contribution in [0.3, 0.4) is 0 Å². The Hall–Kier alpha value is -2.54. The number of nitro benzene ring substituents is 1. The first-order valence-electron chi connectivity index (χ1n) is 9.73. The second-order valence-corrected chi connectivity index (χ2v) is 10.8. The third kappa shape index (κ3) is 5.58. The summed E-state index contributed by atoms with van der Waals surface area (Å²) in [5.41, 5.74) is 0.707. The highest BCUT2D eigenvalue weighted by Crippen LogP contribution is 2.30. The van der Waals surface area contributed by atoms with Crippen molar-refractivity contribution in [3.63, 3.8) is 0 Å². The van der Waals surface area contributed by atoms with Crippen LogP contribution in [0.1, 0.15) is 24.8 Å². The molecule has 1 saturated heterocycles. The molecule has 0 bridgehead atoms. The quantitative estimate of drug-likeness (QED) is 0.444. The van der Waals surface area contributed by atoms with Gasteiger partial charge in [0.15, 0.2) is 0 Å². The first kappa shape index (κ1) is 23.1. The van der Waals surface area contributed by atoms with Crippen molar-refractivity contribution >= 4 is 31.4 Å². The van der Waals surface area contributed by atoms with Gasteiger partial charge in [0.1, 0.15) is 5.69 Å². The zero-order valence-electron chi connectivity index (χ0n) is 16.7. The van der Waals surface area contributed by atoms with Crippen molar-refractivity contribution in [3.8, 4) is 0 Å². The molecule has 1 heterocycles. The maximum atomic E-state index is 12.8. The molecule has 2 aromatic rings. The molecule has 12 heteroatoms. The van der Waals surface area contributed by atoms with E-state index in [4.69, 9.17) is 5.14 Å². The van der Waals surface area contributed by atoms with E-state index in [9.17, 15) is 26.9 Å².